The standard InChI is InChI=1S/C14H17N3O3S/c1-10-7-8-13(20-2)12(9-10)17-21(18,19)14-6-4-3-5-11(14)16-15/h3-9,16-17H,15H2,1-2H3. The highest BCUT2D eigenvalue weighted by molar-refractivity contribution is 7.92. The second-order valence-electron chi connectivity index (χ2n) is 4.45. The second-order valence-corrected chi connectivity index (χ2v) is 6.10. The van der Waals surface area contributed by atoms with Gasteiger partial charge < -0.3 is 10.2 Å². The van der Waals surface area contributed by atoms with Crippen molar-refractivity contribution in [2.45, 2.75) is 11.8 Å². The predicted octanol–water partition coefficient (Wildman–Crippen LogP) is 2.09. The van der Waals surface area contributed by atoms with Gasteiger partial charge in [0.15, 0.2) is 0 Å². The molecule has 0 fully saturated rings. The van der Waals surface area contributed by atoms with E-state index in [9.17, 15) is 8.42 Å². The summed E-state index contributed by atoms with van der Waals surface area (Å²) >= 11 is 0. The lowest BCUT2D eigenvalue weighted by Gasteiger charge is -2.14. The van der Waals surface area contributed by atoms with Gasteiger partial charge in [-0.15, -0.1) is 0 Å². The Hall–Kier alpha value is -2.25. The van der Waals surface area contributed by atoms with Crippen LogP contribution in [0.25, 0.3) is 0 Å². The fourth-order valence-corrected chi connectivity index (χ4v) is 3.15. The first-order valence-corrected chi connectivity index (χ1v) is 7.69. The number of methoxy groups -OCH3 is 1. The first-order chi connectivity index (χ1) is 9.97. The third-order valence-corrected chi connectivity index (χ3v) is 4.36. The first-order valence-electron chi connectivity index (χ1n) is 6.21. The van der Waals surface area contributed by atoms with E-state index in [1.165, 1.54) is 13.2 Å². The van der Waals surface area contributed by atoms with Crippen LogP contribution in [0.2, 0.25) is 0 Å². The SMILES string of the molecule is COc1ccc(C)cc1NS(=O)(=O)c1ccccc1NN. The molecule has 0 aliphatic heterocycles. The lowest BCUT2D eigenvalue weighted by atomic mass is 10.2. The van der Waals surface area contributed by atoms with Gasteiger partial charge in [0.1, 0.15) is 10.6 Å². The Morgan fingerprint density at radius 3 is 2.48 bits per heavy atom. The molecule has 0 heterocycles. The monoisotopic (exact) mass is 307 g/mol. The summed E-state index contributed by atoms with van der Waals surface area (Å²) in [5, 5.41) is 0. The van der Waals surface area contributed by atoms with Gasteiger partial charge in [0.25, 0.3) is 10.0 Å². The average Bonchev–Trinajstić information content (AvgIpc) is 2.47. The minimum Gasteiger partial charge on any atom is -0.495 e. The van der Waals surface area contributed by atoms with Crippen molar-refractivity contribution in [1.29, 1.82) is 0 Å². The van der Waals surface area contributed by atoms with Crippen molar-refractivity contribution in [3.05, 3.63) is 48.0 Å². The molecule has 0 atom stereocenters. The Labute approximate surface area is 124 Å². The van der Waals surface area contributed by atoms with E-state index in [0.29, 0.717) is 17.1 Å². The highest BCUT2D eigenvalue weighted by atomic mass is 32.2. The van der Waals surface area contributed by atoms with Gasteiger partial charge in [-0.3, -0.25) is 10.6 Å². The number of nitrogens with one attached hydrogen (secondary N) is 2. The number of nitrogens with two attached hydrogens (primary N) is 1. The van der Waals surface area contributed by atoms with Gasteiger partial charge in [-0.2, -0.15) is 0 Å². The molecule has 0 aliphatic rings. The number of hydrazine groups is 1. The highest BCUT2D eigenvalue weighted by Gasteiger charge is 2.19. The number of para-hydroxylation sites is 1. The van der Waals surface area contributed by atoms with Crippen LogP contribution in [-0.2, 0) is 10.0 Å². The van der Waals surface area contributed by atoms with E-state index in [2.05, 4.69) is 10.1 Å². The van der Waals surface area contributed by atoms with Gasteiger partial charge >= 0.3 is 0 Å². The number of hydrogen-bond acceptors (Lipinski definition) is 5. The van der Waals surface area contributed by atoms with Crippen LogP contribution in [0.4, 0.5) is 11.4 Å². The summed E-state index contributed by atoms with van der Waals surface area (Å²) in [6, 6.07) is 11.6. The second kappa shape index (κ2) is 6.02. The van der Waals surface area contributed by atoms with E-state index in [1.54, 1.807) is 30.3 Å². The van der Waals surface area contributed by atoms with Gasteiger partial charge in [0.05, 0.1) is 18.5 Å². The lowest BCUT2D eigenvalue weighted by molar-refractivity contribution is 0.417. The molecule has 0 spiro atoms. The molecule has 21 heavy (non-hydrogen) atoms. The van der Waals surface area contributed by atoms with Gasteiger partial charge in [-0.1, -0.05) is 18.2 Å². The molecular weight excluding hydrogens is 290 g/mol. The van der Waals surface area contributed by atoms with E-state index in [0.717, 1.165) is 5.56 Å². The molecule has 0 aliphatic carbocycles. The molecule has 2 rings (SSSR count). The van der Waals surface area contributed by atoms with Crippen molar-refractivity contribution < 1.29 is 13.2 Å². The third kappa shape index (κ3) is 3.26. The van der Waals surface area contributed by atoms with Crippen molar-refractivity contribution in [1.82, 2.24) is 0 Å². The summed E-state index contributed by atoms with van der Waals surface area (Å²) < 4.78 is 32.7. The van der Waals surface area contributed by atoms with Crippen LogP contribution < -0.4 is 20.7 Å². The van der Waals surface area contributed by atoms with E-state index < -0.39 is 10.0 Å². The zero-order chi connectivity index (χ0) is 15.5. The van der Waals surface area contributed by atoms with E-state index >= 15 is 0 Å². The van der Waals surface area contributed by atoms with Crippen LogP contribution in [-0.4, -0.2) is 15.5 Å². The van der Waals surface area contributed by atoms with Gasteiger partial charge in [-0.05, 0) is 36.8 Å². The van der Waals surface area contributed by atoms with Crippen LogP contribution in [0.1, 0.15) is 5.56 Å². The Balaban J connectivity index is 2.45. The third-order valence-electron chi connectivity index (χ3n) is 2.93. The number of hydrogen-bond donors (Lipinski definition) is 3. The van der Waals surface area contributed by atoms with Crippen molar-refractivity contribution in [2.75, 3.05) is 17.3 Å². The van der Waals surface area contributed by atoms with Crippen molar-refractivity contribution in [3.63, 3.8) is 0 Å². The maximum absolute atomic E-state index is 12.5. The van der Waals surface area contributed by atoms with E-state index in [4.69, 9.17) is 10.6 Å². The number of rotatable bonds is 5. The van der Waals surface area contributed by atoms with E-state index in [1.807, 2.05) is 13.0 Å². The summed E-state index contributed by atoms with van der Waals surface area (Å²) in [5.41, 5.74) is 3.99. The molecule has 2 aromatic rings. The molecule has 0 bridgehead atoms. The number of sulfonamides is 1. The fourth-order valence-electron chi connectivity index (χ4n) is 1.92. The van der Waals surface area contributed by atoms with Crippen LogP contribution in [0.5, 0.6) is 5.75 Å². The quantitative estimate of drug-likeness (QED) is 0.581. The molecule has 2 aromatic carbocycles. The number of aryl methyl sites for hydroxylation is 1. The summed E-state index contributed by atoms with van der Waals surface area (Å²) in [7, 11) is -2.29. The largest absolute Gasteiger partial charge is 0.495 e. The average molecular weight is 307 g/mol. The topological polar surface area (TPSA) is 93.4 Å². The fraction of sp³-hybridized carbons (Fsp3) is 0.143. The molecule has 0 radical (unpaired) electrons. The smallest absolute Gasteiger partial charge is 0.264 e. The molecule has 112 valence electrons. The maximum Gasteiger partial charge on any atom is 0.264 e. The minimum atomic E-state index is -3.78. The van der Waals surface area contributed by atoms with Crippen molar-refractivity contribution in [3.8, 4) is 5.75 Å². The molecule has 0 aromatic heterocycles. The van der Waals surface area contributed by atoms with Gasteiger partial charge in [-0.25, -0.2) is 8.42 Å². The molecule has 0 saturated carbocycles. The molecule has 0 unspecified atom stereocenters. The van der Waals surface area contributed by atoms with Crippen LogP contribution in [0.3, 0.4) is 0 Å². The Morgan fingerprint density at radius 1 is 1.10 bits per heavy atom. The normalized spacial score (nSPS) is 11.0. The summed E-state index contributed by atoms with van der Waals surface area (Å²) in [6.45, 7) is 1.87. The maximum atomic E-state index is 12.5. The Morgan fingerprint density at radius 2 is 1.81 bits per heavy atom. The summed E-state index contributed by atoms with van der Waals surface area (Å²) in [5.74, 6) is 5.80. The van der Waals surface area contributed by atoms with Gasteiger partial charge in [0.2, 0.25) is 0 Å². The van der Waals surface area contributed by atoms with Crippen LogP contribution >= 0.6 is 0 Å². The minimum absolute atomic E-state index is 0.0658. The molecule has 0 saturated heterocycles. The molecule has 4 N–H and O–H groups in total. The number of nitrogen functional groups attached to an aromatic ring is 1. The lowest BCUT2D eigenvalue weighted by Crippen LogP contribution is -2.17. The van der Waals surface area contributed by atoms with Crippen molar-refractivity contribution >= 4 is 21.4 Å². The molecule has 7 heteroatoms. The Kier molecular flexibility index (Phi) is 4.35. The highest BCUT2D eigenvalue weighted by Crippen LogP contribution is 2.29. The van der Waals surface area contributed by atoms with E-state index in [-0.39, 0.29) is 4.90 Å². The number of benzene rings is 2. The first kappa shape index (κ1) is 15.1. The van der Waals surface area contributed by atoms with Crippen LogP contribution in [0, 0.1) is 6.92 Å². The number of ether oxygens (including phenoxy) is 1. The zero-order valence-electron chi connectivity index (χ0n) is 11.8. The van der Waals surface area contributed by atoms with Crippen molar-refractivity contribution in [2.24, 2.45) is 5.84 Å². The van der Waals surface area contributed by atoms with Gasteiger partial charge in [0, 0.05) is 0 Å². The molecule has 0 amide bonds. The molecule has 6 nitrogen and oxygen atoms in total. The zero-order valence-corrected chi connectivity index (χ0v) is 12.6. The molecular formula is C14H17N3O3S. The summed E-state index contributed by atoms with van der Waals surface area (Å²) in [6.07, 6.45) is 0. The summed E-state index contributed by atoms with van der Waals surface area (Å²) in [4.78, 5) is 0.0658. The Bertz CT molecular complexity index is 745. The number of anilines is 2. The predicted molar refractivity (Wildman–Crippen MR) is 82.8 cm³/mol. The van der Waals surface area contributed by atoms with Crippen LogP contribution in [0.15, 0.2) is 47.4 Å².